The summed E-state index contributed by atoms with van der Waals surface area (Å²) in [5.74, 6) is 2.51. The quantitative estimate of drug-likeness (QED) is 0.461. The summed E-state index contributed by atoms with van der Waals surface area (Å²) >= 11 is 1.79. The molecule has 1 aromatic rings. The molecule has 0 spiro atoms. The smallest absolute Gasteiger partial charge is 0.303 e. The van der Waals surface area contributed by atoms with E-state index in [-0.39, 0.29) is 0 Å². The number of aliphatic carboxylic acids is 1. The summed E-state index contributed by atoms with van der Waals surface area (Å²) < 4.78 is 5.15. The minimum Gasteiger partial charge on any atom is -0.481 e. The van der Waals surface area contributed by atoms with E-state index in [9.17, 15) is 9.59 Å². The molecule has 1 fully saturated rings. The lowest BCUT2D eigenvalue weighted by Gasteiger charge is -2.08. The molecule has 0 aromatic heterocycles. The molecule has 1 aliphatic carbocycles. The molecule has 1 saturated carbocycles. The van der Waals surface area contributed by atoms with Crippen molar-refractivity contribution in [1.29, 1.82) is 0 Å². The molecule has 158 valence electrons. The highest BCUT2D eigenvalue weighted by Gasteiger charge is 2.21. The fraction of sp³-hybridized carbons (Fsp3) is 0.652. The van der Waals surface area contributed by atoms with Gasteiger partial charge < -0.3 is 9.84 Å². The molecular formula is C23H36O4S. The minimum absolute atomic E-state index is 0.312. The van der Waals surface area contributed by atoms with E-state index in [0.717, 1.165) is 43.6 Å². The summed E-state index contributed by atoms with van der Waals surface area (Å²) in [5.41, 5.74) is 2.65. The molecule has 1 aromatic carbocycles. The number of carboxylic acids is 1. The SMILES string of the molecule is CCSCCCC(=O)O.COCc1cccc(CCCCC2CCC(=O)C2)c1. The number of thioether (sulfide) groups is 1. The maximum Gasteiger partial charge on any atom is 0.303 e. The summed E-state index contributed by atoms with van der Waals surface area (Å²) in [7, 11) is 1.73. The molecule has 2 rings (SSSR count). The molecule has 0 radical (unpaired) electrons. The first kappa shape index (κ1) is 24.7. The number of aryl methyl sites for hydroxylation is 1. The summed E-state index contributed by atoms with van der Waals surface area (Å²) in [6.07, 6.45) is 8.73. The molecule has 0 bridgehead atoms. The highest BCUT2D eigenvalue weighted by molar-refractivity contribution is 7.99. The van der Waals surface area contributed by atoms with Crippen molar-refractivity contribution in [3.63, 3.8) is 0 Å². The van der Waals surface area contributed by atoms with Gasteiger partial charge in [-0.05, 0) is 60.7 Å². The molecule has 4 nitrogen and oxygen atoms in total. The van der Waals surface area contributed by atoms with E-state index in [1.54, 1.807) is 18.9 Å². The number of rotatable bonds is 12. The summed E-state index contributed by atoms with van der Waals surface area (Å²) in [4.78, 5) is 21.1. The number of methoxy groups -OCH3 is 1. The largest absolute Gasteiger partial charge is 0.481 e. The van der Waals surface area contributed by atoms with E-state index >= 15 is 0 Å². The predicted octanol–water partition coefficient (Wildman–Crippen LogP) is 5.52. The maximum absolute atomic E-state index is 11.2. The number of ether oxygens (including phenoxy) is 1. The second-order valence-electron chi connectivity index (χ2n) is 7.34. The first-order chi connectivity index (χ1) is 13.5. The molecule has 1 N–H and O–H groups in total. The van der Waals surface area contributed by atoms with Crippen LogP contribution in [0.25, 0.3) is 0 Å². The van der Waals surface area contributed by atoms with Crippen molar-refractivity contribution in [1.82, 2.24) is 0 Å². The third kappa shape index (κ3) is 12.2. The van der Waals surface area contributed by atoms with Gasteiger partial charge in [0.25, 0.3) is 0 Å². The van der Waals surface area contributed by atoms with Crippen molar-refractivity contribution in [3.05, 3.63) is 35.4 Å². The fourth-order valence-electron chi connectivity index (χ4n) is 3.41. The van der Waals surface area contributed by atoms with Crippen LogP contribution in [0.2, 0.25) is 0 Å². The van der Waals surface area contributed by atoms with Crippen molar-refractivity contribution in [2.24, 2.45) is 5.92 Å². The van der Waals surface area contributed by atoms with E-state index < -0.39 is 5.97 Å². The Morgan fingerprint density at radius 1 is 1.25 bits per heavy atom. The first-order valence-electron chi connectivity index (χ1n) is 10.4. The van der Waals surface area contributed by atoms with Crippen molar-refractivity contribution in [2.75, 3.05) is 18.6 Å². The van der Waals surface area contributed by atoms with Gasteiger partial charge in [0.1, 0.15) is 5.78 Å². The monoisotopic (exact) mass is 408 g/mol. The normalized spacial score (nSPS) is 15.9. The van der Waals surface area contributed by atoms with E-state index in [1.807, 2.05) is 0 Å². The minimum atomic E-state index is -0.688. The summed E-state index contributed by atoms with van der Waals surface area (Å²) in [6.45, 7) is 2.77. The van der Waals surface area contributed by atoms with Gasteiger partial charge in [0.2, 0.25) is 0 Å². The van der Waals surface area contributed by atoms with Crippen LogP contribution in [0.4, 0.5) is 0 Å². The van der Waals surface area contributed by atoms with Gasteiger partial charge in [-0.3, -0.25) is 9.59 Å². The number of carbonyl (C=O) groups is 2. The zero-order valence-corrected chi connectivity index (χ0v) is 18.3. The van der Waals surface area contributed by atoms with E-state index in [4.69, 9.17) is 9.84 Å². The van der Waals surface area contributed by atoms with Crippen LogP contribution in [-0.4, -0.2) is 35.5 Å². The second-order valence-corrected chi connectivity index (χ2v) is 8.73. The van der Waals surface area contributed by atoms with Crippen molar-refractivity contribution < 1.29 is 19.4 Å². The van der Waals surface area contributed by atoms with Crippen LogP contribution in [0, 0.1) is 5.92 Å². The molecule has 28 heavy (non-hydrogen) atoms. The Balaban J connectivity index is 0.000000370. The van der Waals surface area contributed by atoms with Crippen molar-refractivity contribution >= 4 is 23.5 Å². The van der Waals surface area contributed by atoms with Crippen LogP contribution in [0.1, 0.15) is 69.4 Å². The lowest BCUT2D eigenvalue weighted by Crippen LogP contribution is -1.96. The van der Waals surface area contributed by atoms with Crippen LogP contribution >= 0.6 is 11.8 Å². The average molecular weight is 409 g/mol. The molecule has 0 amide bonds. The van der Waals surface area contributed by atoms with E-state index in [0.29, 0.717) is 24.7 Å². The van der Waals surface area contributed by atoms with Crippen LogP contribution in [0.3, 0.4) is 0 Å². The number of ketones is 1. The molecule has 1 unspecified atom stereocenters. The molecule has 1 atom stereocenters. The van der Waals surface area contributed by atoms with Crippen LogP contribution in [-0.2, 0) is 27.4 Å². The highest BCUT2D eigenvalue weighted by atomic mass is 32.2. The number of hydrogen-bond donors (Lipinski definition) is 1. The Morgan fingerprint density at radius 3 is 2.68 bits per heavy atom. The second kappa shape index (κ2) is 15.6. The highest BCUT2D eigenvalue weighted by Crippen LogP contribution is 2.27. The Morgan fingerprint density at radius 2 is 2.04 bits per heavy atom. The Labute approximate surface area is 174 Å². The zero-order valence-electron chi connectivity index (χ0n) is 17.5. The zero-order chi connectivity index (χ0) is 20.6. The molecule has 1 aliphatic rings. The number of benzene rings is 1. The molecular weight excluding hydrogens is 372 g/mol. The van der Waals surface area contributed by atoms with E-state index in [2.05, 4.69) is 31.2 Å². The lowest BCUT2D eigenvalue weighted by atomic mass is 9.98. The van der Waals surface area contributed by atoms with Crippen molar-refractivity contribution in [2.45, 2.75) is 71.3 Å². The Bertz CT molecular complexity index is 573. The standard InChI is InChI=1S/C17H24O2.C6H12O2S/c1-19-13-16-8-4-7-14(11-16)5-2-3-6-15-9-10-17(18)12-15;1-2-9-5-3-4-6(7)8/h4,7-8,11,15H,2-3,5-6,9-10,12-13H2,1H3;2-5H2,1H3,(H,7,8). The number of carbonyl (C=O) groups excluding carboxylic acids is 1. The molecule has 0 saturated heterocycles. The van der Waals surface area contributed by atoms with Gasteiger partial charge in [-0.25, -0.2) is 0 Å². The molecule has 0 heterocycles. The van der Waals surface area contributed by atoms with Crippen molar-refractivity contribution in [3.8, 4) is 0 Å². The third-order valence-electron chi connectivity index (χ3n) is 4.86. The van der Waals surface area contributed by atoms with Gasteiger partial charge in [-0.1, -0.05) is 37.6 Å². The number of hydrogen-bond acceptors (Lipinski definition) is 4. The lowest BCUT2D eigenvalue weighted by molar-refractivity contribution is -0.137. The van der Waals surface area contributed by atoms with Gasteiger partial charge in [-0.15, -0.1) is 0 Å². The van der Waals surface area contributed by atoms with Gasteiger partial charge in [-0.2, -0.15) is 11.8 Å². The molecule has 0 aliphatic heterocycles. The summed E-state index contributed by atoms with van der Waals surface area (Å²) in [6, 6.07) is 8.65. The Kier molecular flexibility index (Phi) is 13.7. The topological polar surface area (TPSA) is 63.6 Å². The number of unbranched alkanes of at least 4 members (excludes halogenated alkanes) is 1. The maximum atomic E-state index is 11.2. The van der Waals surface area contributed by atoms with Gasteiger partial charge >= 0.3 is 5.97 Å². The number of carboxylic acid groups (broad SMARTS) is 1. The van der Waals surface area contributed by atoms with Gasteiger partial charge in [0, 0.05) is 26.4 Å². The fourth-order valence-corrected chi connectivity index (χ4v) is 4.05. The van der Waals surface area contributed by atoms with Crippen LogP contribution in [0.15, 0.2) is 24.3 Å². The summed E-state index contributed by atoms with van der Waals surface area (Å²) in [5, 5.41) is 8.20. The van der Waals surface area contributed by atoms with Crippen LogP contribution in [0.5, 0.6) is 0 Å². The predicted molar refractivity (Wildman–Crippen MR) is 117 cm³/mol. The van der Waals surface area contributed by atoms with Crippen LogP contribution < -0.4 is 0 Å². The first-order valence-corrected chi connectivity index (χ1v) is 11.6. The third-order valence-corrected chi connectivity index (χ3v) is 5.85. The van der Waals surface area contributed by atoms with E-state index in [1.165, 1.54) is 30.4 Å². The Hall–Kier alpha value is -1.33. The van der Waals surface area contributed by atoms with Gasteiger partial charge in [0.05, 0.1) is 6.61 Å². The molecule has 5 heteroatoms. The average Bonchev–Trinajstić information content (AvgIpc) is 3.09. The van der Waals surface area contributed by atoms with Gasteiger partial charge in [0.15, 0.2) is 0 Å². The number of Topliss-reactive ketones (excluding diaryl/α,β-unsaturated/α-hetero) is 1.